The summed E-state index contributed by atoms with van der Waals surface area (Å²) in [6.45, 7) is 40.2. The highest BCUT2D eigenvalue weighted by atomic mass is 31.2. The minimum absolute atomic E-state index is 1.02. The summed E-state index contributed by atoms with van der Waals surface area (Å²) in [7, 11) is -4.28. The van der Waals surface area contributed by atoms with Crippen LogP contribution in [0, 0.1) is 0 Å². The lowest BCUT2D eigenvalue weighted by molar-refractivity contribution is 0.320. The highest BCUT2D eigenvalue weighted by Gasteiger charge is 2.58. The summed E-state index contributed by atoms with van der Waals surface area (Å²) in [5.74, 6) is 0. The van der Waals surface area contributed by atoms with Gasteiger partial charge in [0.2, 0.25) is 7.51 Å². The Hall–Kier alpha value is 0.420. The summed E-state index contributed by atoms with van der Waals surface area (Å²) in [4.78, 5) is 0. The van der Waals surface area contributed by atoms with E-state index in [4.69, 9.17) is 4.52 Å². The molecule has 9 heteroatoms. The van der Waals surface area contributed by atoms with Crippen LogP contribution >= 0.6 is 15.4 Å². The molecule has 0 aromatic rings. The van der Waals surface area contributed by atoms with Crippen LogP contribution < -0.4 is 0 Å². The van der Waals surface area contributed by atoms with Crippen molar-refractivity contribution in [2.45, 2.75) is 83.1 Å². The van der Waals surface area contributed by atoms with E-state index < -0.39 is 15.4 Å². The van der Waals surface area contributed by atoms with Crippen molar-refractivity contribution in [3.63, 3.8) is 0 Å². The van der Waals surface area contributed by atoms with Gasteiger partial charge in [0.15, 0.2) is 0 Å². The first-order valence-electron chi connectivity index (χ1n) is 13.9. The zero-order valence-corrected chi connectivity index (χ0v) is 26.3. The van der Waals surface area contributed by atoms with Gasteiger partial charge in [0, 0.05) is 78.5 Å². The third-order valence-corrected chi connectivity index (χ3v) is 16.8. The summed E-state index contributed by atoms with van der Waals surface area (Å²) in [6, 6.07) is 0. The van der Waals surface area contributed by atoms with Crippen molar-refractivity contribution in [1.82, 2.24) is 28.0 Å². The van der Waals surface area contributed by atoms with Gasteiger partial charge in [0.1, 0.15) is 0 Å². The highest BCUT2D eigenvalue weighted by Crippen LogP contribution is 2.77. The summed E-state index contributed by atoms with van der Waals surface area (Å²) >= 11 is 0. The normalized spacial score (nSPS) is 13.5. The molecular weight excluding hydrogens is 448 g/mol. The highest BCUT2D eigenvalue weighted by molar-refractivity contribution is 7.75. The van der Waals surface area contributed by atoms with Crippen LogP contribution in [0.25, 0.3) is 0 Å². The van der Waals surface area contributed by atoms with Crippen LogP contribution in [0.1, 0.15) is 83.1 Å². The second kappa shape index (κ2) is 17.0. The lowest BCUT2D eigenvalue weighted by Gasteiger charge is -2.50. The van der Waals surface area contributed by atoms with Crippen LogP contribution in [0.3, 0.4) is 0 Å². The van der Waals surface area contributed by atoms with Crippen molar-refractivity contribution >= 4 is 15.4 Å². The number of hydrogen-bond acceptors (Lipinski definition) is 4. The Balaban J connectivity index is 8.05. The molecule has 0 spiro atoms. The van der Waals surface area contributed by atoms with Crippen molar-refractivity contribution in [3.05, 3.63) is 0 Å². The molecule has 0 aromatic heterocycles. The predicted molar refractivity (Wildman–Crippen MR) is 154 cm³/mol. The van der Waals surface area contributed by atoms with Gasteiger partial charge >= 0.3 is 7.87 Å². The van der Waals surface area contributed by atoms with E-state index in [0.717, 1.165) is 78.5 Å². The van der Waals surface area contributed by atoms with Crippen LogP contribution in [0.15, 0.2) is 4.52 Å². The van der Waals surface area contributed by atoms with Gasteiger partial charge in [-0.15, -0.1) is 14.0 Å². The van der Waals surface area contributed by atoms with E-state index in [0.29, 0.717) is 0 Å². The van der Waals surface area contributed by atoms with Gasteiger partial charge < -0.3 is 0 Å². The molecule has 0 saturated heterocycles. The van der Waals surface area contributed by atoms with Crippen molar-refractivity contribution in [1.29, 1.82) is 0 Å². The summed E-state index contributed by atoms with van der Waals surface area (Å²) in [5, 5.41) is 0. The zero-order chi connectivity index (χ0) is 25.7. The van der Waals surface area contributed by atoms with Gasteiger partial charge in [0.25, 0.3) is 0 Å². The molecule has 0 heterocycles. The standard InChI is InChI=1S/C24H60N7P2/c1-13-26(14-2)32(27(15-3)16-4,28(17-5)18-6)25-33(29(19-7)20-8,30(21-9)22-10)31(23-11)24-12/h13-24H2,1-12H3/q+1. The largest absolute Gasteiger partial charge is 0.357 e. The average molecular weight is 509 g/mol. The molecule has 200 valence electrons. The van der Waals surface area contributed by atoms with Crippen LogP contribution in [0.2, 0.25) is 0 Å². The minimum Gasteiger partial charge on any atom is -0.243 e. The fourth-order valence-electron chi connectivity index (χ4n) is 5.19. The van der Waals surface area contributed by atoms with Gasteiger partial charge in [-0.3, -0.25) is 0 Å². The molecule has 0 bridgehead atoms. The second-order valence-corrected chi connectivity index (χ2v) is 14.3. The fraction of sp³-hybridized carbons (Fsp3) is 1.00. The third-order valence-electron chi connectivity index (χ3n) is 6.90. The molecule has 0 radical (unpaired) electrons. The maximum atomic E-state index is 6.37. The quantitative estimate of drug-likeness (QED) is 0.181. The molecule has 0 unspecified atom stereocenters. The van der Waals surface area contributed by atoms with E-state index in [9.17, 15) is 0 Å². The Labute approximate surface area is 209 Å². The Bertz CT molecular complexity index is 468. The molecule has 0 aliphatic carbocycles. The molecule has 0 rings (SSSR count). The van der Waals surface area contributed by atoms with Crippen LogP contribution in [-0.2, 0) is 0 Å². The molecule has 0 aliphatic heterocycles. The number of nitrogens with zero attached hydrogens (tertiary/aromatic N) is 7. The monoisotopic (exact) mass is 508 g/mol. The number of rotatable bonds is 19. The maximum absolute atomic E-state index is 6.37. The van der Waals surface area contributed by atoms with Gasteiger partial charge in [-0.2, -0.15) is 0 Å². The molecule has 33 heavy (non-hydrogen) atoms. The minimum atomic E-state index is -2.14. The SMILES string of the molecule is CCN(CC)P(=N[P+](N(CC)CC)(N(CC)CC)N(CC)CC)(N(CC)CC)N(CC)CC. The Morgan fingerprint density at radius 2 is 0.606 bits per heavy atom. The summed E-state index contributed by atoms with van der Waals surface area (Å²) in [5.41, 5.74) is 0. The van der Waals surface area contributed by atoms with Gasteiger partial charge in [-0.05, 0) is 46.1 Å². The van der Waals surface area contributed by atoms with Crippen LogP contribution in [-0.4, -0.2) is 107 Å². The van der Waals surface area contributed by atoms with E-state index in [1.807, 2.05) is 0 Å². The Morgan fingerprint density at radius 1 is 0.394 bits per heavy atom. The van der Waals surface area contributed by atoms with Crippen molar-refractivity contribution < 1.29 is 0 Å². The molecular formula is C24H60N7P2+. The Kier molecular flexibility index (Phi) is 17.2. The first-order chi connectivity index (χ1) is 15.8. The van der Waals surface area contributed by atoms with Gasteiger partial charge in [-0.25, -0.2) is 14.0 Å². The summed E-state index contributed by atoms with van der Waals surface area (Å²) in [6.07, 6.45) is 0. The Morgan fingerprint density at radius 3 is 0.758 bits per heavy atom. The first kappa shape index (κ1) is 33.4. The molecule has 0 amide bonds. The summed E-state index contributed by atoms with van der Waals surface area (Å²) < 4.78 is 22.7. The maximum Gasteiger partial charge on any atom is 0.357 e. The predicted octanol–water partition coefficient (Wildman–Crippen LogP) is 6.66. The van der Waals surface area contributed by atoms with E-state index >= 15 is 0 Å². The van der Waals surface area contributed by atoms with Gasteiger partial charge in [0.05, 0.1) is 0 Å². The van der Waals surface area contributed by atoms with Gasteiger partial charge in [-0.1, -0.05) is 41.5 Å². The smallest absolute Gasteiger partial charge is 0.243 e. The van der Waals surface area contributed by atoms with Crippen LogP contribution in [0.5, 0.6) is 0 Å². The molecule has 7 nitrogen and oxygen atoms in total. The number of hydrogen-bond donors (Lipinski definition) is 0. The molecule has 0 atom stereocenters. The van der Waals surface area contributed by atoms with E-state index in [1.54, 1.807) is 0 Å². The van der Waals surface area contributed by atoms with E-state index in [2.05, 4.69) is 111 Å². The average Bonchev–Trinajstić information content (AvgIpc) is 2.83. The van der Waals surface area contributed by atoms with E-state index in [1.165, 1.54) is 0 Å². The van der Waals surface area contributed by atoms with Crippen molar-refractivity contribution in [3.8, 4) is 0 Å². The molecule has 0 saturated carbocycles. The lowest BCUT2D eigenvalue weighted by atomic mass is 10.7. The van der Waals surface area contributed by atoms with Crippen LogP contribution in [0.4, 0.5) is 0 Å². The van der Waals surface area contributed by atoms with E-state index in [-0.39, 0.29) is 0 Å². The molecule has 0 aliphatic rings. The fourth-order valence-corrected chi connectivity index (χ4v) is 15.9. The second-order valence-electron chi connectivity index (χ2n) is 8.00. The molecule has 0 N–H and O–H groups in total. The zero-order valence-electron chi connectivity index (χ0n) is 24.5. The topological polar surface area (TPSA) is 31.8 Å². The van der Waals surface area contributed by atoms with Crippen molar-refractivity contribution in [2.75, 3.05) is 78.5 Å². The third kappa shape index (κ3) is 6.80. The van der Waals surface area contributed by atoms with Crippen molar-refractivity contribution in [2.24, 2.45) is 4.52 Å². The first-order valence-corrected chi connectivity index (χ1v) is 17.1. The lowest BCUT2D eigenvalue weighted by Crippen LogP contribution is -2.47. The molecule has 0 aromatic carbocycles. The molecule has 0 fully saturated rings.